The van der Waals surface area contributed by atoms with Crippen LogP contribution in [-0.2, 0) is 4.79 Å². The summed E-state index contributed by atoms with van der Waals surface area (Å²) in [7, 11) is 0. The zero-order valence-electron chi connectivity index (χ0n) is 14.1. The van der Waals surface area contributed by atoms with Crippen LogP contribution >= 0.6 is 0 Å². The highest BCUT2D eigenvalue weighted by molar-refractivity contribution is 5.99. The number of hydrogen-bond donors (Lipinski definition) is 0. The molecule has 1 atom stereocenters. The molecule has 0 fully saturated rings. The Labute approximate surface area is 148 Å². The van der Waals surface area contributed by atoms with Gasteiger partial charge in [0.15, 0.2) is 5.78 Å². The van der Waals surface area contributed by atoms with Crippen LogP contribution in [0.5, 0.6) is 0 Å². The van der Waals surface area contributed by atoms with Crippen LogP contribution in [0.4, 0.5) is 0 Å². The SMILES string of the molecule is O=C1C=C(c2ccccc2)C[C@H](c2ccc(-c3ccccc3)cc2)C1. The minimum absolute atomic E-state index is 0.224. The van der Waals surface area contributed by atoms with Crippen LogP contribution in [0.15, 0.2) is 91.0 Å². The molecule has 0 aliphatic heterocycles. The van der Waals surface area contributed by atoms with Crippen molar-refractivity contribution in [3.8, 4) is 11.1 Å². The molecule has 1 aliphatic rings. The first kappa shape index (κ1) is 15.6. The number of allylic oxidation sites excluding steroid dienone is 2. The molecule has 0 saturated carbocycles. The number of ketones is 1. The fraction of sp³-hybridized carbons (Fsp3) is 0.125. The molecular formula is C24H20O. The normalized spacial score (nSPS) is 17.2. The van der Waals surface area contributed by atoms with Gasteiger partial charge in [0.05, 0.1) is 0 Å². The van der Waals surface area contributed by atoms with Gasteiger partial charge in [0.25, 0.3) is 0 Å². The van der Waals surface area contributed by atoms with E-state index in [1.165, 1.54) is 16.7 Å². The first-order valence-corrected chi connectivity index (χ1v) is 8.74. The van der Waals surface area contributed by atoms with E-state index in [1.807, 2.05) is 30.3 Å². The van der Waals surface area contributed by atoms with Crippen LogP contribution in [0.3, 0.4) is 0 Å². The van der Waals surface area contributed by atoms with E-state index in [0.29, 0.717) is 6.42 Å². The molecule has 0 bridgehead atoms. The molecule has 25 heavy (non-hydrogen) atoms. The maximum Gasteiger partial charge on any atom is 0.156 e. The Morgan fingerprint density at radius 1 is 0.600 bits per heavy atom. The average Bonchev–Trinajstić information content (AvgIpc) is 2.69. The molecule has 0 heterocycles. The summed E-state index contributed by atoms with van der Waals surface area (Å²) in [6, 6.07) is 29.3. The molecule has 1 heteroatoms. The molecule has 4 rings (SSSR count). The van der Waals surface area contributed by atoms with Crippen LogP contribution in [0.2, 0.25) is 0 Å². The van der Waals surface area contributed by atoms with Gasteiger partial charge in [-0.1, -0.05) is 84.9 Å². The number of carbonyl (C=O) groups excluding carboxylic acids is 1. The van der Waals surface area contributed by atoms with E-state index in [9.17, 15) is 4.79 Å². The van der Waals surface area contributed by atoms with E-state index in [1.54, 1.807) is 0 Å². The minimum Gasteiger partial charge on any atom is -0.295 e. The van der Waals surface area contributed by atoms with Crippen molar-refractivity contribution in [1.82, 2.24) is 0 Å². The van der Waals surface area contributed by atoms with Gasteiger partial charge in [0.1, 0.15) is 0 Å². The highest BCUT2D eigenvalue weighted by Crippen LogP contribution is 2.36. The lowest BCUT2D eigenvalue weighted by atomic mass is 9.81. The first-order chi connectivity index (χ1) is 12.3. The molecule has 0 radical (unpaired) electrons. The summed E-state index contributed by atoms with van der Waals surface area (Å²) in [6.45, 7) is 0. The Balaban J connectivity index is 1.58. The predicted octanol–water partition coefficient (Wildman–Crippen LogP) is 5.88. The first-order valence-electron chi connectivity index (χ1n) is 8.74. The average molecular weight is 324 g/mol. The summed E-state index contributed by atoms with van der Waals surface area (Å²) >= 11 is 0. The lowest BCUT2D eigenvalue weighted by molar-refractivity contribution is -0.115. The molecular weight excluding hydrogens is 304 g/mol. The molecule has 1 aliphatic carbocycles. The largest absolute Gasteiger partial charge is 0.295 e. The maximum atomic E-state index is 12.2. The highest BCUT2D eigenvalue weighted by Gasteiger charge is 2.22. The third kappa shape index (κ3) is 3.46. The van der Waals surface area contributed by atoms with Crippen molar-refractivity contribution in [3.63, 3.8) is 0 Å². The zero-order chi connectivity index (χ0) is 17.1. The Hall–Kier alpha value is -2.93. The molecule has 1 nitrogen and oxygen atoms in total. The van der Waals surface area contributed by atoms with Gasteiger partial charge < -0.3 is 0 Å². The number of carbonyl (C=O) groups is 1. The molecule has 0 N–H and O–H groups in total. The Morgan fingerprint density at radius 2 is 1.16 bits per heavy atom. The van der Waals surface area contributed by atoms with Crippen LogP contribution in [-0.4, -0.2) is 5.78 Å². The zero-order valence-corrected chi connectivity index (χ0v) is 14.1. The van der Waals surface area contributed by atoms with Gasteiger partial charge in [0, 0.05) is 6.42 Å². The van der Waals surface area contributed by atoms with Crippen molar-refractivity contribution in [2.24, 2.45) is 0 Å². The summed E-state index contributed by atoms with van der Waals surface area (Å²) in [5.41, 5.74) is 5.98. The predicted molar refractivity (Wildman–Crippen MR) is 103 cm³/mol. The van der Waals surface area contributed by atoms with Gasteiger partial charge in [-0.05, 0) is 46.2 Å². The van der Waals surface area contributed by atoms with E-state index in [4.69, 9.17) is 0 Å². The third-order valence-corrected chi connectivity index (χ3v) is 4.88. The molecule has 3 aromatic carbocycles. The topological polar surface area (TPSA) is 17.1 Å². The fourth-order valence-corrected chi connectivity index (χ4v) is 3.56. The van der Waals surface area contributed by atoms with Crippen molar-refractivity contribution < 1.29 is 4.79 Å². The second-order valence-electron chi connectivity index (χ2n) is 6.60. The standard InChI is InChI=1S/C24H20O/c25-24-16-22(19-9-5-2-6-10-19)15-23(17-24)21-13-11-20(12-14-21)18-7-3-1-4-8-18/h1-14,16,23H,15,17H2/t23-/m0/s1. The Kier molecular flexibility index (Phi) is 4.30. The second-order valence-corrected chi connectivity index (χ2v) is 6.60. The Bertz CT molecular complexity index is 890. The third-order valence-electron chi connectivity index (χ3n) is 4.88. The maximum absolute atomic E-state index is 12.2. The van der Waals surface area contributed by atoms with Gasteiger partial charge in [-0.3, -0.25) is 4.79 Å². The summed E-state index contributed by atoms with van der Waals surface area (Å²) in [5.74, 6) is 0.486. The van der Waals surface area contributed by atoms with Crippen molar-refractivity contribution in [2.75, 3.05) is 0 Å². The van der Waals surface area contributed by atoms with E-state index in [0.717, 1.165) is 17.6 Å². The summed E-state index contributed by atoms with van der Waals surface area (Å²) in [4.78, 5) is 12.2. The van der Waals surface area contributed by atoms with Gasteiger partial charge in [-0.2, -0.15) is 0 Å². The van der Waals surface area contributed by atoms with Crippen LogP contribution in [0.1, 0.15) is 29.9 Å². The van der Waals surface area contributed by atoms with Crippen LogP contribution < -0.4 is 0 Å². The molecule has 0 saturated heterocycles. The number of benzene rings is 3. The van der Waals surface area contributed by atoms with Crippen molar-refractivity contribution >= 4 is 11.4 Å². The van der Waals surface area contributed by atoms with E-state index in [-0.39, 0.29) is 11.7 Å². The molecule has 0 spiro atoms. The smallest absolute Gasteiger partial charge is 0.156 e. The van der Waals surface area contributed by atoms with Gasteiger partial charge >= 0.3 is 0 Å². The molecule has 0 unspecified atom stereocenters. The molecule has 0 aromatic heterocycles. The van der Waals surface area contributed by atoms with E-state index >= 15 is 0 Å². The van der Waals surface area contributed by atoms with Crippen molar-refractivity contribution in [2.45, 2.75) is 18.8 Å². The number of rotatable bonds is 3. The van der Waals surface area contributed by atoms with E-state index in [2.05, 4.69) is 60.7 Å². The minimum atomic E-state index is 0.224. The second kappa shape index (κ2) is 6.90. The lowest BCUT2D eigenvalue weighted by Gasteiger charge is -2.23. The summed E-state index contributed by atoms with van der Waals surface area (Å²) in [5, 5.41) is 0. The highest BCUT2D eigenvalue weighted by atomic mass is 16.1. The fourth-order valence-electron chi connectivity index (χ4n) is 3.56. The quantitative estimate of drug-likeness (QED) is 0.587. The van der Waals surface area contributed by atoms with E-state index < -0.39 is 0 Å². The number of hydrogen-bond acceptors (Lipinski definition) is 1. The van der Waals surface area contributed by atoms with Crippen molar-refractivity contribution in [1.29, 1.82) is 0 Å². The molecule has 3 aromatic rings. The Morgan fingerprint density at radius 3 is 1.80 bits per heavy atom. The summed E-state index contributed by atoms with van der Waals surface area (Å²) in [6.07, 6.45) is 3.34. The van der Waals surface area contributed by atoms with Crippen LogP contribution in [0.25, 0.3) is 16.7 Å². The monoisotopic (exact) mass is 324 g/mol. The molecule has 122 valence electrons. The van der Waals surface area contributed by atoms with Gasteiger partial charge in [0.2, 0.25) is 0 Å². The molecule has 0 amide bonds. The summed E-state index contributed by atoms with van der Waals surface area (Å²) < 4.78 is 0. The van der Waals surface area contributed by atoms with Crippen LogP contribution in [0, 0.1) is 0 Å². The van der Waals surface area contributed by atoms with Crippen molar-refractivity contribution in [3.05, 3.63) is 102 Å². The van der Waals surface area contributed by atoms with Gasteiger partial charge in [-0.25, -0.2) is 0 Å². The lowest BCUT2D eigenvalue weighted by Crippen LogP contribution is -2.12. The van der Waals surface area contributed by atoms with Gasteiger partial charge in [-0.15, -0.1) is 0 Å².